The normalized spacial score (nSPS) is 16.9. The predicted molar refractivity (Wildman–Crippen MR) is 85.9 cm³/mol. The fourth-order valence-corrected chi connectivity index (χ4v) is 2.64. The van der Waals surface area contributed by atoms with Gasteiger partial charge in [-0.25, -0.2) is 4.98 Å². The van der Waals surface area contributed by atoms with E-state index >= 15 is 0 Å². The van der Waals surface area contributed by atoms with Crippen molar-refractivity contribution in [3.8, 4) is 5.88 Å². The maximum Gasteiger partial charge on any atom is 0.226 e. The van der Waals surface area contributed by atoms with E-state index in [2.05, 4.69) is 34.0 Å². The molecule has 0 unspecified atom stereocenters. The van der Waals surface area contributed by atoms with Crippen LogP contribution in [0.4, 0.5) is 5.95 Å². The average molecular weight is 292 g/mol. The third-order valence-electron chi connectivity index (χ3n) is 3.99. The van der Waals surface area contributed by atoms with E-state index < -0.39 is 0 Å². The highest BCUT2D eigenvalue weighted by Gasteiger charge is 2.18. The van der Waals surface area contributed by atoms with Crippen LogP contribution in [0.5, 0.6) is 5.88 Å². The summed E-state index contributed by atoms with van der Waals surface area (Å²) in [6, 6.07) is 1.89. The Hall–Kier alpha value is -1.36. The first-order valence-corrected chi connectivity index (χ1v) is 8.16. The van der Waals surface area contributed by atoms with Gasteiger partial charge in [0.05, 0.1) is 6.61 Å². The van der Waals surface area contributed by atoms with Gasteiger partial charge in [-0.05, 0) is 51.7 Å². The van der Waals surface area contributed by atoms with Crippen molar-refractivity contribution in [3.63, 3.8) is 0 Å². The number of anilines is 1. The maximum absolute atomic E-state index is 5.60. The Balaban J connectivity index is 1.84. The molecule has 1 aromatic rings. The molecule has 2 rings (SSSR count). The summed E-state index contributed by atoms with van der Waals surface area (Å²) in [7, 11) is 0. The molecule has 0 aliphatic carbocycles. The topological polar surface area (TPSA) is 50.3 Å². The lowest BCUT2D eigenvalue weighted by Gasteiger charge is -2.31. The number of likely N-dealkylation sites (tertiary alicyclic amines) is 1. The van der Waals surface area contributed by atoms with Crippen LogP contribution < -0.4 is 10.1 Å². The molecule has 0 saturated carbocycles. The van der Waals surface area contributed by atoms with Crippen LogP contribution in [0.3, 0.4) is 0 Å². The van der Waals surface area contributed by atoms with Crippen LogP contribution in [0, 0.1) is 12.8 Å². The summed E-state index contributed by atoms with van der Waals surface area (Å²) in [6.45, 7) is 11.5. The first kappa shape index (κ1) is 16.0. The Morgan fingerprint density at radius 3 is 2.71 bits per heavy atom. The Bertz CT molecular complexity index is 430. The van der Waals surface area contributed by atoms with Crippen molar-refractivity contribution < 1.29 is 4.74 Å². The first-order chi connectivity index (χ1) is 10.2. The molecular weight excluding hydrogens is 264 g/mol. The lowest BCUT2D eigenvalue weighted by Crippen LogP contribution is -2.35. The average Bonchev–Trinajstić information content (AvgIpc) is 2.51. The zero-order chi connectivity index (χ0) is 15.1. The van der Waals surface area contributed by atoms with Crippen LogP contribution in [0.15, 0.2) is 6.07 Å². The Labute approximate surface area is 128 Å². The predicted octanol–water partition coefficient (Wildman–Crippen LogP) is 2.72. The molecule has 0 bridgehead atoms. The minimum absolute atomic E-state index is 0.674. The van der Waals surface area contributed by atoms with E-state index in [0.29, 0.717) is 18.4 Å². The van der Waals surface area contributed by atoms with E-state index in [-0.39, 0.29) is 0 Å². The molecule has 1 fully saturated rings. The standard InChI is InChI=1S/C16H28N4O/c1-4-10-21-15-11-13(3)18-16(19-15)17-12-14-6-8-20(5-2)9-7-14/h11,14H,4-10,12H2,1-3H3,(H,17,18,19). The number of aryl methyl sites for hydroxylation is 1. The van der Waals surface area contributed by atoms with E-state index in [4.69, 9.17) is 4.74 Å². The SMILES string of the molecule is CCCOc1cc(C)nc(NCC2CCN(CC)CC2)n1. The van der Waals surface area contributed by atoms with Crippen LogP contribution in [0.2, 0.25) is 0 Å². The van der Waals surface area contributed by atoms with Gasteiger partial charge in [0.15, 0.2) is 0 Å². The van der Waals surface area contributed by atoms with Gasteiger partial charge < -0.3 is 15.0 Å². The molecule has 0 aromatic carbocycles. The van der Waals surface area contributed by atoms with Crippen LogP contribution >= 0.6 is 0 Å². The minimum atomic E-state index is 0.674. The molecule has 0 atom stereocenters. The summed E-state index contributed by atoms with van der Waals surface area (Å²) in [5, 5.41) is 3.38. The highest BCUT2D eigenvalue weighted by atomic mass is 16.5. The van der Waals surface area contributed by atoms with Gasteiger partial charge in [-0.3, -0.25) is 0 Å². The summed E-state index contributed by atoms with van der Waals surface area (Å²) in [5.74, 6) is 2.09. The zero-order valence-corrected chi connectivity index (χ0v) is 13.6. The molecule has 5 nitrogen and oxygen atoms in total. The Morgan fingerprint density at radius 1 is 1.29 bits per heavy atom. The minimum Gasteiger partial charge on any atom is -0.478 e. The van der Waals surface area contributed by atoms with Crippen LogP contribution in [-0.4, -0.2) is 47.7 Å². The highest BCUT2D eigenvalue weighted by molar-refractivity contribution is 5.30. The van der Waals surface area contributed by atoms with Gasteiger partial charge in [0, 0.05) is 18.3 Å². The van der Waals surface area contributed by atoms with Gasteiger partial charge >= 0.3 is 0 Å². The molecular formula is C16H28N4O. The Morgan fingerprint density at radius 2 is 2.05 bits per heavy atom. The van der Waals surface area contributed by atoms with Crippen molar-refractivity contribution in [2.75, 3.05) is 38.1 Å². The van der Waals surface area contributed by atoms with E-state index in [1.165, 1.54) is 32.5 Å². The second-order valence-electron chi connectivity index (χ2n) is 5.78. The van der Waals surface area contributed by atoms with Crippen molar-refractivity contribution in [1.82, 2.24) is 14.9 Å². The molecule has 0 radical (unpaired) electrons. The molecule has 1 saturated heterocycles. The zero-order valence-electron chi connectivity index (χ0n) is 13.6. The van der Waals surface area contributed by atoms with Crippen molar-refractivity contribution in [1.29, 1.82) is 0 Å². The lowest BCUT2D eigenvalue weighted by atomic mass is 9.97. The Kier molecular flexibility index (Phi) is 6.23. The monoisotopic (exact) mass is 292 g/mol. The van der Waals surface area contributed by atoms with Gasteiger partial charge in [-0.15, -0.1) is 0 Å². The first-order valence-electron chi connectivity index (χ1n) is 8.16. The molecule has 21 heavy (non-hydrogen) atoms. The molecule has 1 aromatic heterocycles. The van der Waals surface area contributed by atoms with Gasteiger partial charge in [-0.1, -0.05) is 13.8 Å². The van der Waals surface area contributed by atoms with E-state index in [0.717, 1.165) is 24.6 Å². The fourth-order valence-electron chi connectivity index (χ4n) is 2.64. The van der Waals surface area contributed by atoms with Gasteiger partial charge in [0.25, 0.3) is 0 Å². The molecule has 118 valence electrons. The quantitative estimate of drug-likeness (QED) is 0.837. The van der Waals surface area contributed by atoms with Crippen LogP contribution in [0.1, 0.15) is 38.8 Å². The number of ether oxygens (including phenoxy) is 1. The second kappa shape index (κ2) is 8.17. The van der Waals surface area contributed by atoms with Gasteiger partial charge in [0.1, 0.15) is 0 Å². The molecule has 1 aliphatic rings. The molecule has 0 amide bonds. The maximum atomic E-state index is 5.60. The highest BCUT2D eigenvalue weighted by Crippen LogP contribution is 2.18. The number of nitrogens with one attached hydrogen (secondary N) is 1. The summed E-state index contributed by atoms with van der Waals surface area (Å²) in [5.41, 5.74) is 0.944. The number of nitrogens with zero attached hydrogens (tertiary/aromatic N) is 3. The third-order valence-corrected chi connectivity index (χ3v) is 3.99. The summed E-state index contributed by atoms with van der Waals surface area (Å²) in [6.07, 6.45) is 3.50. The third kappa shape index (κ3) is 5.16. The van der Waals surface area contributed by atoms with Crippen LogP contribution in [-0.2, 0) is 0 Å². The number of hydrogen-bond donors (Lipinski definition) is 1. The van der Waals surface area contributed by atoms with Crippen molar-refractivity contribution >= 4 is 5.95 Å². The van der Waals surface area contributed by atoms with Gasteiger partial charge in [-0.2, -0.15) is 4.98 Å². The van der Waals surface area contributed by atoms with Gasteiger partial charge in [0.2, 0.25) is 11.8 Å². The van der Waals surface area contributed by atoms with E-state index in [1.807, 2.05) is 13.0 Å². The van der Waals surface area contributed by atoms with Crippen LogP contribution in [0.25, 0.3) is 0 Å². The lowest BCUT2D eigenvalue weighted by molar-refractivity contribution is 0.198. The van der Waals surface area contributed by atoms with Crippen molar-refractivity contribution in [2.45, 2.75) is 40.0 Å². The smallest absolute Gasteiger partial charge is 0.226 e. The second-order valence-corrected chi connectivity index (χ2v) is 5.78. The molecule has 1 aliphatic heterocycles. The molecule has 1 N–H and O–H groups in total. The number of piperidine rings is 1. The number of rotatable bonds is 7. The molecule has 5 heteroatoms. The van der Waals surface area contributed by atoms with E-state index in [9.17, 15) is 0 Å². The van der Waals surface area contributed by atoms with E-state index in [1.54, 1.807) is 0 Å². The largest absolute Gasteiger partial charge is 0.478 e. The van der Waals surface area contributed by atoms with Crippen molar-refractivity contribution in [3.05, 3.63) is 11.8 Å². The summed E-state index contributed by atoms with van der Waals surface area (Å²) in [4.78, 5) is 11.4. The number of hydrogen-bond acceptors (Lipinski definition) is 5. The van der Waals surface area contributed by atoms with Crippen molar-refractivity contribution in [2.24, 2.45) is 5.92 Å². The fraction of sp³-hybridized carbons (Fsp3) is 0.750. The number of aromatic nitrogens is 2. The summed E-state index contributed by atoms with van der Waals surface area (Å²) < 4.78 is 5.60. The summed E-state index contributed by atoms with van der Waals surface area (Å²) >= 11 is 0. The molecule has 2 heterocycles. The molecule has 0 spiro atoms.